The topological polar surface area (TPSA) is 84.2 Å². The Kier molecular flexibility index (Phi) is 7.58. The van der Waals surface area contributed by atoms with Gasteiger partial charge in [-0.15, -0.1) is 0 Å². The molecule has 1 unspecified atom stereocenters. The molecule has 0 bridgehead atoms. The number of aromatic nitrogens is 1. The highest BCUT2D eigenvalue weighted by Gasteiger charge is 2.21. The number of pyridine rings is 1. The summed E-state index contributed by atoms with van der Waals surface area (Å²) in [4.78, 5) is 17.6. The lowest BCUT2D eigenvalue weighted by atomic mass is 9.96. The second-order valence-electron chi connectivity index (χ2n) is 7.29. The van der Waals surface area contributed by atoms with Gasteiger partial charge in [-0.05, 0) is 56.4 Å². The highest BCUT2D eigenvalue weighted by Crippen LogP contribution is 2.32. The normalized spacial score (nSPS) is 14.5. The summed E-state index contributed by atoms with van der Waals surface area (Å²) >= 11 is 1.32. The van der Waals surface area contributed by atoms with Crippen molar-refractivity contribution in [3.63, 3.8) is 0 Å². The van der Waals surface area contributed by atoms with Gasteiger partial charge in [-0.1, -0.05) is 24.6 Å². The molecule has 0 saturated heterocycles. The number of amides is 1. The molecule has 0 saturated carbocycles. The van der Waals surface area contributed by atoms with Gasteiger partial charge in [0, 0.05) is 11.8 Å². The fourth-order valence-corrected chi connectivity index (χ4v) is 4.39. The highest BCUT2D eigenvalue weighted by atomic mass is 32.2. The van der Waals surface area contributed by atoms with Gasteiger partial charge in [-0.25, -0.2) is 4.98 Å². The van der Waals surface area contributed by atoms with Gasteiger partial charge in [0.25, 0.3) is 0 Å². The molecule has 1 amide bonds. The Morgan fingerprint density at radius 3 is 2.63 bits per heavy atom. The number of rotatable bonds is 6. The quantitative estimate of drug-likeness (QED) is 0.673. The molecule has 2 aromatic rings. The Labute approximate surface area is 182 Å². The first-order chi connectivity index (χ1) is 14.5. The van der Waals surface area contributed by atoms with Crippen molar-refractivity contribution in [1.29, 1.82) is 5.26 Å². The summed E-state index contributed by atoms with van der Waals surface area (Å²) in [5.41, 5.74) is 3.36. The Morgan fingerprint density at radius 1 is 1.17 bits per heavy atom. The molecule has 6 nitrogen and oxygen atoms in total. The number of carbonyl (C=O) groups excluding carboxylic acids is 1. The van der Waals surface area contributed by atoms with Crippen molar-refractivity contribution in [2.45, 2.75) is 55.7 Å². The Morgan fingerprint density at radius 2 is 1.93 bits per heavy atom. The first-order valence-electron chi connectivity index (χ1n) is 10.2. The van der Waals surface area contributed by atoms with E-state index in [0.29, 0.717) is 27.8 Å². The summed E-state index contributed by atoms with van der Waals surface area (Å²) in [6.07, 6.45) is 6.58. The third kappa shape index (κ3) is 5.25. The van der Waals surface area contributed by atoms with E-state index >= 15 is 0 Å². The van der Waals surface area contributed by atoms with E-state index in [-0.39, 0.29) is 5.91 Å². The third-order valence-electron chi connectivity index (χ3n) is 5.21. The summed E-state index contributed by atoms with van der Waals surface area (Å²) in [6.45, 7) is 1.82. The molecule has 1 atom stereocenters. The van der Waals surface area contributed by atoms with Crippen molar-refractivity contribution in [2.75, 3.05) is 19.5 Å². The van der Waals surface area contributed by atoms with Crippen LogP contribution in [0.4, 0.5) is 5.69 Å². The molecule has 0 fully saturated rings. The number of hydrogen-bond donors (Lipinski definition) is 1. The molecule has 1 aliphatic rings. The zero-order chi connectivity index (χ0) is 21.5. The molecule has 3 rings (SSSR count). The van der Waals surface area contributed by atoms with Gasteiger partial charge >= 0.3 is 0 Å². The summed E-state index contributed by atoms with van der Waals surface area (Å²) in [7, 11) is 3.12. The number of hydrogen-bond acceptors (Lipinski definition) is 6. The van der Waals surface area contributed by atoms with E-state index in [2.05, 4.69) is 11.4 Å². The van der Waals surface area contributed by atoms with Crippen LogP contribution in [0.5, 0.6) is 11.5 Å². The van der Waals surface area contributed by atoms with Crippen LogP contribution in [0.1, 0.15) is 49.4 Å². The average Bonchev–Trinajstić information content (AvgIpc) is 2.74. The molecule has 30 heavy (non-hydrogen) atoms. The van der Waals surface area contributed by atoms with Crippen LogP contribution < -0.4 is 14.8 Å². The third-order valence-corrected chi connectivity index (χ3v) is 6.31. The SMILES string of the molecule is COc1ccc(NC(=O)C(C)Sc2nc3c(cc2C#N)CCCCCC3)c(OC)c1. The van der Waals surface area contributed by atoms with Crippen molar-refractivity contribution < 1.29 is 14.3 Å². The minimum atomic E-state index is -0.428. The number of nitrogens with zero attached hydrogens (tertiary/aromatic N) is 2. The molecule has 0 aliphatic heterocycles. The van der Waals surface area contributed by atoms with Crippen LogP contribution in [0.3, 0.4) is 0 Å². The largest absolute Gasteiger partial charge is 0.497 e. The van der Waals surface area contributed by atoms with Crippen LogP contribution >= 0.6 is 11.8 Å². The number of fused-ring (bicyclic) bond motifs is 1. The molecular formula is C23H27N3O3S. The maximum atomic E-state index is 12.8. The van der Waals surface area contributed by atoms with Gasteiger partial charge in [0.1, 0.15) is 22.6 Å². The maximum absolute atomic E-state index is 12.8. The molecule has 0 radical (unpaired) electrons. The minimum Gasteiger partial charge on any atom is -0.497 e. The van der Waals surface area contributed by atoms with Gasteiger partial charge in [-0.3, -0.25) is 4.79 Å². The average molecular weight is 426 g/mol. The van der Waals surface area contributed by atoms with Crippen molar-refractivity contribution >= 4 is 23.4 Å². The first-order valence-corrected chi connectivity index (χ1v) is 11.1. The van der Waals surface area contributed by atoms with E-state index in [1.54, 1.807) is 32.4 Å². The van der Waals surface area contributed by atoms with Crippen LogP contribution in [-0.2, 0) is 17.6 Å². The van der Waals surface area contributed by atoms with E-state index in [4.69, 9.17) is 14.5 Å². The number of aryl methyl sites for hydroxylation is 2. The van der Waals surface area contributed by atoms with Crippen LogP contribution in [0.2, 0.25) is 0 Å². The minimum absolute atomic E-state index is 0.180. The monoisotopic (exact) mass is 425 g/mol. The van der Waals surface area contributed by atoms with Crippen molar-refractivity contribution in [3.05, 3.63) is 41.1 Å². The van der Waals surface area contributed by atoms with Gasteiger partial charge in [0.05, 0.1) is 30.7 Å². The number of ether oxygens (including phenoxy) is 2. The molecular weight excluding hydrogens is 398 g/mol. The van der Waals surface area contributed by atoms with E-state index < -0.39 is 5.25 Å². The van der Waals surface area contributed by atoms with Gasteiger partial charge in [0.2, 0.25) is 5.91 Å². The van der Waals surface area contributed by atoms with Crippen molar-refractivity contribution in [2.24, 2.45) is 0 Å². The van der Waals surface area contributed by atoms with Crippen molar-refractivity contribution in [1.82, 2.24) is 4.98 Å². The smallest absolute Gasteiger partial charge is 0.237 e. The predicted molar refractivity (Wildman–Crippen MR) is 118 cm³/mol. The molecule has 0 spiro atoms. The number of anilines is 1. The standard InChI is InChI=1S/C23H27N3O3S/c1-15(22(27)25-20-11-10-18(28-2)13-21(20)29-3)30-23-17(14-24)12-16-8-6-4-5-7-9-19(16)26-23/h10-13,15H,4-9H2,1-3H3,(H,25,27). The fourth-order valence-electron chi connectivity index (χ4n) is 3.50. The van der Waals surface area contributed by atoms with Crippen molar-refractivity contribution in [3.8, 4) is 17.6 Å². The maximum Gasteiger partial charge on any atom is 0.237 e. The zero-order valence-electron chi connectivity index (χ0n) is 17.7. The highest BCUT2D eigenvalue weighted by molar-refractivity contribution is 8.00. The number of benzene rings is 1. The molecule has 158 valence electrons. The van der Waals surface area contributed by atoms with Gasteiger partial charge in [-0.2, -0.15) is 5.26 Å². The zero-order valence-corrected chi connectivity index (χ0v) is 18.5. The molecule has 1 heterocycles. The molecule has 1 aromatic heterocycles. The van der Waals surface area contributed by atoms with Crippen LogP contribution in [0.15, 0.2) is 29.3 Å². The molecule has 7 heteroatoms. The van der Waals surface area contributed by atoms with E-state index in [9.17, 15) is 10.1 Å². The number of methoxy groups -OCH3 is 2. The summed E-state index contributed by atoms with van der Waals surface area (Å²) < 4.78 is 10.5. The summed E-state index contributed by atoms with van der Waals surface area (Å²) in [5, 5.41) is 12.7. The first kappa shape index (κ1) is 22.0. The lowest BCUT2D eigenvalue weighted by Gasteiger charge is -2.17. The van der Waals surface area contributed by atoms with E-state index in [1.807, 2.05) is 13.0 Å². The van der Waals surface area contributed by atoms with Gasteiger partial charge < -0.3 is 14.8 Å². The predicted octanol–water partition coefficient (Wildman–Crippen LogP) is 4.75. The van der Waals surface area contributed by atoms with Crippen LogP contribution in [0, 0.1) is 11.3 Å². The lowest BCUT2D eigenvalue weighted by molar-refractivity contribution is -0.115. The van der Waals surface area contributed by atoms with Crippen LogP contribution in [0.25, 0.3) is 0 Å². The van der Waals surface area contributed by atoms with Gasteiger partial charge in [0.15, 0.2) is 0 Å². The summed E-state index contributed by atoms with van der Waals surface area (Å²) in [5.74, 6) is 0.994. The fraction of sp³-hybridized carbons (Fsp3) is 0.435. The second-order valence-corrected chi connectivity index (χ2v) is 8.62. The molecule has 1 aromatic carbocycles. The molecule has 1 aliphatic carbocycles. The lowest BCUT2D eigenvalue weighted by Crippen LogP contribution is -2.23. The second kappa shape index (κ2) is 10.4. The Bertz CT molecular complexity index is 955. The van der Waals surface area contributed by atoms with E-state index in [0.717, 1.165) is 31.4 Å². The number of carbonyl (C=O) groups is 1. The van der Waals surface area contributed by atoms with E-state index in [1.165, 1.54) is 30.2 Å². The Balaban J connectivity index is 1.76. The number of thioether (sulfide) groups is 1. The Hall–Kier alpha value is -2.72. The summed E-state index contributed by atoms with van der Waals surface area (Å²) in [6, 6.07) is 9.45. The number of nitrogens with one attached hydrogen (secondary N) is 1. The molecule has 1 N–H and O–H groups in total. The van der Waals surface area contributed by atoms with Crippen LogP contribution in [-0.4, -0.2) is 30.4 Å². The number of nitriles is 1.